The minimum Gasteiger partial charge on any atom is -0.494 e. The zero-order chi connectivity index (χ0) is 19.2. The highest BCUT2D eigenvalue weighted by Gasteiger charge is 2.16. The summed E-state index contributed by atoms with van der Waals surface area (Å²) < 4.78 is 18.5. The minimum absolute atomic E-state index is 0.212. The molecule has 1 amide bonds. The number of carbonyl (C=O) groups excluding carboxylic acids is 1. The number of anilines is 2. The first kappa shape index (κ1) is 18.8. The number of hydrogen-bond donors (Lipinski definition) is 2. The fraction of sp³-hybridized carbons (Fsp3) is 0.211. The predicted molar refractivity (Wildman–Crippen MR) is 103 cm³/mol. The van der Waals surface area contributed by atoms with Crippen LogP contribution in [-0.2, 0) is 6.54 Å². The van der Waals surface area contributed by atoms with Gasteiger partial charge in [0.1, 0.15) is 22.3 Å². The van der Waals surface area contributed by atoms with Gasteiger partial charge in [-0.3, -0.25) is 4.79 Å². The molecule has 0 aliphatic carbocycles. The monoisotopic (exact) mass is 386 g/mol. The van der Waals surface area contributed by atoms with Crippen LogP contribution in [0.3, 0.4) is 0 Å². The number of carbonyl (C=O) groups is 1. The Morgan fingerprint density at radius 2 is 2.07 bits per heavy atom. The van der Waals surface area contributed by atoms with E-state index in [4.69, 9.17) is 4.74 Å². The van der Waals surface area contributed by atoms with Crippen LogP contribution in [0.5, 0.6) is 5.75 Å². The number of benzene rings is 1. The standard InChI is InChI=1S/C19H19FN4O2S/c1-3-26-15-7-5-4-6-13(15)10-22-18(25)17-12(2)23-19(27-17)24-16-9-8-14(20)11-21-16/h4-9,11H,3,10H2,1-2H3,(H,22,25)(H,21,23,24). The van der Waals surface area contributed by atoms with Crippen molar-refractivity contribution in [2.75, 3.05) is 11.9 Å². The Kier molecular flexibility index (Phi) is 5.97. The number of aromatic nitrogens is 2. The molecule has 8 heteroatoms. The molecule has 140 valence electrons. The van der Waals surface area contributed by atoms with E-state index in [0.717, 1.165) is 17.5 Å². The lowest BCUT2D eigenvalue weighted by Gasteiger charge is -2.10. The van der Waals surface area contributed by atoms with Crippen LogP contribution in [0.1, 0.15) is 27.9 Å². The number of aryl methyl sites for hydroxylation is 1. The van der Waals surface area contributed by atoms with Gasteiger partial charge in [-0.2, -0.15) is 0 Å². The van der Waals surface area contributed by atoms with Gasteiger partial charge < -0.3 is 15.4 Å². The quantitative estimate of drug-likeness (QED) is 0.640. The summed E-state index contributed by atoms with van der Waals surface area (Å²) in [4.78, 5) is 21.3. The Morgan fingerprint density at radius 3 is 2.81 bits per heavy atom. The third-order valence-corrected chi connectivity index (χ3v) is 4.75. The van der Waals surface area contributed by atoms with E-state index in [1.807, 2.05) is 31.2 Å². The highest BCUT2D eigenvalue weighted by atomic mass is 32.1. The van der Waals surface area contributed by atoms with Crippen LogP contribution in [0, 0.1) is 12.7 Å². The Hall–Kier alpha value is -3.00. The average Bonchev–Trinajstić information content (AvgIpc) is 3.03. The Balaban J connectivity index is 1.67. The molecule has 3 rings (SSSR count). The number of nitrogens with zero attached hydrogens (tertiary/aromatic N) is 2. The summed E-state index contributed by atoms with van der Waals surface area (Å²) in [6.07, 6.45) is 1.12. The van der Waals surface area contributed by atoms with Gasteiger partial charge in [0.15, 0.2) is 5.13 Å². The molecular weight excluding hydrogens is 367 g/mol. The van der Waals surface area contributed by atoms with Gasteiger partial charge in [0, 0.05) is 12.1 Å². The fourth-order valence-electron chi connectivity index (χ4n) is 2.42. The molecule has 2 aromatic heterocycles. The molecule has 0 saturated heterocycles. The lowest BCUT2D eigenvalue weighted by Crippen LogP contribution is -2.23. The van der Waals surface area contributed by atoms with Gasteiger partial charge in [0.05, 0.1) is 18.5 Å². The second-order valence-electron chi connectivity index (χ2n) is 5.64. The molecule has 0 bridgehead atoms. The normalized spacial score (nSPS) is 10.5. The molecule has 0 saturated carbocycles. The van der Waals surface area contributed by atoms with E-state index in [0.29, 0.717) is 34.7 Å². The average molecular weight is 386 g/mol. The highest BCUT2D eigenvalue weighted by molar-refractivity contribution is 7.17. The van der Waals surface area contributed by atoms with E-state index in [1.54, 1.807) is 6.92 Å². The first-order valence-corrected chi connectivity index (χ1v) is 9.23. The number of halogens is 1. The van der Waals surface area contributed by atoms with Gasteiger partial charge in [0.25, 0.3) is 5.91 Å². The van der Waals surface area contributed by atoms with Crippen molar-refractivity contribution in [2.45, 2.75) is 20.4 Å². The van der Waals surface area contributed by atoms with Crippen LogP contribution in [0.2, 0.25) is 0 Å². The molecule has 27 heavy (non-hydrogen) atoms. The van der Waals surface area contributed by atoms with E-state index >= 15 is 0 Å². The number of nitrogens with one attached hydrogen (secondary N) is 2. The molecule has 6 nitrogen and oxygen atoms in total. The number of rotatable bonds is 7. The molecule has 2 N–H and O–H groups in total. The Bertz CT molecular complexity index is 928. The second kappa shape index (κ2) is 8.59. The maximum atomic E-state index is 12.9. The third kappa shape index (κ3) is 4.79. The van der Waals surface area contributed by atoms with Gasteiger partial charge in [0.2, 0.25) is 0 Å². The van der Waals surface area contributed by atoms with Crippen LogP contribution >= 0.6 is 11.3 Å². The Labute approximate surface area is 160 Å². The lowest BCUT2D eigenvalue weighted by atomic mass is 10.2. The molecule has 0 unspecified atom stereocenters. The number of para-hydroxylation sites is 1. The summed E-state index contributed by atoms with van der Waals surface area (Å²) in [5, 5.41) is 6.39. The van der Waals surface area contributed by atoms with Crippen molar-refractivity contribution >= 4 is 28.2 Å². The van der Waals surface area contributed by atoms with Crippen molar-refractivity contribution in [2.24, 2.45) is 0 Å². The number of pyridine rings is 1. The maximum absolute atomic E-state index is 12.9. The maximum Gasteiger partial charge on any atom is 0.263 e. The zero-order valence-corrected chi connectivity index (χ0v) is 15.8. The van der Waals surface area contributed by atoms with Crippen molar-refractivity contribution in [3.05, 3.63) is 64.5 Å². The first-order valence-electron chi connectivity index (χ1n) is 8.41. The van der Waals surface area contributed by atoms with Crippen molar-refractivity contribution in [1.82, 2.24) is 15.3 Å². The highest BCUT2D eigenvalue weighted by Crippen LogP contribution is 2.25. The van der Waals surface area contributed by atoms with E-state index in [9.17, 15) is 9.18 Å². The van der Waals surface area contributed by atoms with Gasteiger partial charge in [-0.25, -0.2) is 14.4 Å². The summed E-state index contributed by atoms with van der Waals surface area (Å²) in [5.41, 5.74) is 1.52. The Morgan fingerprint density at radius 1 is 1.26 bits per heavy atom. The van der Waals surface area contributed by atoms with E-state index in [-0.39, 0.29) is 5.91 Å². The van der Waals surface area contributed by atoms with Crippen LogP contribution in [-0.4, -0.2) is 22.5 Å². The molecule has 0 atom stereocenters. The molecule has 0 aliphatic heterocycles. The topological polar surface area (TPSA) is 76.1 Å². The second-order valence-corrected chi connectivity index (χ2v) is 6.64. The fourth-order valence-corrected chi connectivity index (χ4v) is 3.31. The molecule has 0 radical (unpaired) electrons. The van der Waals surface area contributed by atoms with Crippen LogP contribution in [0.25, 0.3) is 0 Å². The SMILES string of the molecule is CCOc1ccccc1CNC(=O)c1sc(Nc2ccc(F)cn2)nc1C. The summed E-state index contributed by atoms with van der Waals surface area (Å²) in [5.74, 6) is 0.591. The summed E-state index contributed by atoms with van der Waals surface area (Å²) in [7, 11) is 0. The molecule has 2 heterocycles. The smallest absolute Gasteiger partial charge is 0.263 e. The molecule has 0 aliphatic rings. The van der Waals surface area contributed by atoms with Crippen LogP contribution in [0.4, 0.5) is 15.3 Å². The van der Waals surface area contributed by atoms with Crippen LogP contribution < -0.4 is 15.4 Å². The van der Waals surface area contributed by atoms with Crippen molar-refractivity contribution < 1.29 is 13.9 Å². The lowest BCUT2D eigenvalue weighted by molar-refractivity contribution is 0.0954. The minimum atomic E-state index is -0.414. The largest absolute Gasteiger partial charge is 0.494 e. The van der Waals surface area contributed by atoms with E-state index < -0.39 is 5.82 Å². The number of amides is 1. The van der Waals surface area contributed by atoms with Crippen molar-refractivity contribution in [3.8, 4) is 5.75 Å². The molecular formula is C19H19FN4O2S. The predicted octanol–water partition coefficient (Wildman–Crippen LogP) is 4.06. The van der Waals surface area contributed by atoms with E-state index in [1.165, 1.54) is 23.5 Å². The van der Waals surface area contributed by atoms with E-state index in [2.05, 4.69) is 20.6 Å². The third-order valence-electron chi connectivity index (χ3n) is 3.68. The number of thiazole rings is 1. The number of ether oxygens (including phenoxy) is 1. The van der Waals surface area contributed by atoms with Gasteiger partial charge in [-0.1, -0.05) is 29.5 Å². The zero-order valence-electron chi connectivity index (χ0n) is 15.0. The summed E-state index contributed by atoms with van der Waals surface area (Å²) >= 11 is 1.22. The van der Waals surface area contributed by atoms with Gasteiger partial charge in [-0.15, -0.1) is 0 Å². The van der Waals surface area contributed by atoms with Gasteiger partial charge >= 0.3 is 0 Å². The summed E-state index contributed by atoms with van der Waals surface area (Å²) in [6.45, 7) is 4.60. The van der Waals surface area contributed by atoms with Crippen LogP contribution in [0.15, 0.2) is 42.6 Å². The molecule has 0 spiro atoms. The molecule has 3 aromatic rings. The molecule has 1 aromatic carbocycles. The van der Waals surface area contributed by atoms with Gasteiger partial charge in [-0.05, 0) is 32.0 Å². The summed E-state index contributed by atoms with van der Waals surface area (Å²) in [6, 6.07) is 10.4. The van der Waals surface area contributed by atoms with Crippen molar-refractivity contribution in [3.63, 3.8) is 0 Å². The molecule has 0 fully saturated rings. The van der Waals surface area contributed by atoms with Crippen molar-refractivity contribution in [1.29, 1.82) is 0 Å². The first-order chi connectivity index (χ1) is 13.1. The number of hydrogen-bond acceptors (Lipinski definition) is 6.